The second kappa shape index (κ2) is 4.62. The zero-order valence-corrected chi connectivity index (χ0v) is 10.3. The Morgan fingerprint density at radius 2 is 1.80 bits per heavy atom. The standard InChI is InChI=1S/C15H9NO4/c17-15-13-7-2-1-4-10(13)9-14(20-15)11-5-3-6-12(8-11)16(18)19/h1-9H. The average Bonchev–Trinajstić information content (AvgIpc) is 2.47. The topological polar surface area (TPSA) is 73.3 Å². The molecule has 1 aromatic heterocycles. The lowest BCUT2D eigenvalue weighted by molar-refractivity contribution is -0.384. The summed E-state index contributed by atoms with van der Waals surface area (Å²) in [5.74, 6) is 0.317. The number of fused-ring (bicyclic) bond motifs is 1. The maximum atomic E-state index is 11.9. The Balaban J connectivity index is 2.22. The molecule has 2 aromatic carbocycles. The monoisotopic (exact) mass is 267 g/mol. The second-order valence-electron chi connectivity index (χ2n) is 4.29. The van der Waals surface area contributed by atoms with Crippen LogP contribution in [0.4, 0.5) is 5.69 Å². The number of nitrogens with zero attached hydrogens (tertiary/aromatic N) is 1. The van der Waals surface area contributed by atoms with Crippen LogP contribution in [-0.4, -0.2) is 4.92 Å². The third kappa shape index (κ3) is 2.05. The quantitative estimate of drug-likeness (QED) is 0.527. The smallest absolute Gasteiger partial charge is 0.344 e. The van der Waals surface area contributed by atoms with Gasteiger partial charge in [0.2, 0.25) is 0 Å². The highest BCUT2D eigenvalue weighted by atomic mass is 16.6. The molecule has 0 amide bonds. The zero-order chi connectivity index (χ0) is 14.1. The van der Waals surface area contributed by atoms with Gasteiger partial charge in [-0.1, -0.05) is 30.3 Å². The van der Waals surface area contributed by atoms with Crippen LogP contribution in [0.2, 0.25) is 0 Å². The van der Waals surface area contributed by atoms with E-state index >= 15 is 0 Å². The van der Waals surface area contributed by atoms with Gasteiger partial charge in [0.1, 0.15) is 5.76 Å². The number of nitro benzene ring substituents is 1. The van der Waals surface area contributed by atoms with Gasteiger partial charge < -0.3 is 4.42 Å². The predicted octanol–water partition coefficient (Wildman–Crippen LogP) is 3.37. The first kappa shape index (κ1) is 12.1. The lowest BCUT2D eigenvalue weighted by Crippen LogP contribution is -2.00. The molecule has 0 unspecified atom stereocenters. The van der Waals surface area contributed by atoms with Crippen LogP contribution in [0.5, 0.6) is 0 Å². The summed E-state index contributed by atoms with van der Waals surface area (Å²) in [5.41, 5.74) is 0.00460. The summed E-state index contributed by atoms with van der Waals surface area (Å²) in [6.07, 6.45) is 0. The van der Waals surface area contributed by atoms with Gasteiger partial charge in [-0.15, -0.1) is 0 Å². The fourth-order valence-corrected chi connectivity index (χ4v) is 2.05. The number of non-ortho nitro benzene ring substituents is 1. The molecule has 1 heterocycles. The lowest BCUT2D eigenvalue weighted by Gasteiger charge is -2.02. The van der Waals surface area contributed by atoms with E-state index in [9.17, 15) is 14.9 Å². The molecular formula is C15H9NO4. The third-order valence-corrected chi connectivity index (χ3v) is 3.01. The van der Waals surface area contributed by atoms with Crippen LogP contribution in [0.1, 0.15) is 0 Å². The molecule has 98 valence electrons. The molecule has 3 rings (SSSR count). The number of hydrogen-bond acceptors (Lipinski definition) is 4. The Morgan fingerprint density at radius 3 is 2.60 bits per heavy atom. The van der Waals surface area contributed by atoms with E-state index in [4.69, 9.17) is 4.42 Å². The van der Waals surface area contributed by atoms with E-state index in [1.54, 1.807) is 36.4 Å². The van der Waals surface area contributed by atoms with Crippen molar-refractivity contribution in [1.82, 2.24) is 0 Å². The molecule has 5 nitrogen and oxygen atoms in total. The Bertz CT molecular complexity index is 867. The van der Waals surface area contributed by atoms with Crippen molar-refractivity contribution >= 4 is 16.5 Å². The number of nitro groups is 1. The average molecular weight is 267 g/mol. The molecule has 5 heteroatoms. The van der Waals surface area contributed by atoms with Crippen LogP contribution in [0.15, 0.2) is 63.8 Å². The van der Waals surface area contributed by atoms with Crippen molar-refractivity contribution in [3.63, 3.8) is 0 Å². The molecule has 0 fully saturated rings. The van der Waals surface area contributed by atoms with Gasteiger partial charge in [-0.25, -0.2) is 4.79 Å². The number of rotatable bonds is 2. The van der Waals surface area contributed by atoms with E-state index in [1.807, 2.05) is 6.07 Å². The van der Waals surface area contributed by atoms with E-state index in [0.29, 0.717) is 16.7 Å². The van der Waals surface area contributed by atoms with Gasteiger partial charge in [0.05, 0.1) is 10.3 Å². The minimum atomic E-state index is -0.483. The van der Waals surface area contributed by atoms with Gasteiger partial charge in [-0.3, -0.25) is 10.1 Å². The highest BCUT2D eigenvalue weighted by molar-refractivity contribution is 5.84. The normalized spacial score (nSPS) is 10.6. The maximum Gasteiger partial charge on any atom is 0.344 e. The molecule has 0 aliphatic carbocycles. The summed E-state index contributed by atoms with van der Waals surface area (Å²) in [5, 5.41) is 12.0. The molecule has 0 bridgehead atoms. The zero-order valence-electron chi connectivity index (χ0n) is 10.3. The van der Waals surface area contributed by atoms with Crippen molar-refractivity contribution in [3.8, 4) is 11.3 Å². The van der Waals surface area contributed by atoms with E-state index in [2.05, 4.69) is 0 Å². The van der Waals surface area contributed by atoms with Gasteiger partial charge in [-0.05, 0) is 17.5 Å². The largest absolute Gasteiger partial charge is 0.422 e. The van der Waals surface area contributed by atoms with Crippen LogP contribution >= 0.6 is 0 Å². The first-order valence-corrected chi connectivity index (χ1v) is 5.93. The summed E-state index contributed by atoms with van der Waals surface area (Å²) >= 11 is 0. The van der Waals surface area contributed by atoms with Crippen molar-refractivity contribution < 1.29 is 9.34 Å². The number of benzene rings is 2. The van der Waals surface area contributed by atoms with Crippen molar-refractivity contribution in [3.05, 3.63) is 75.1 Å². The van der Waals surface area contributed by atoms with E-state index in [0.717, 1.165) is 5.39 Å². The lowest BCUT2D eigenvalue weighted by atomic mass is 10.1. The maximum absolute atomic E-state index is 11.9. The van der Waals surface area contributed by atoms with Crippen molar-refractivity contribution in [2.24, 2.45) is 0 Å². The molecule has 0 atom stereocenters. The van der Waals surface area contributed by atoms with Gasteiger partial charge in [0, 0.05) is 17.7 Å². The SMILES string of the molecule is O=c1oc(-c2cccc([N+](=O)[O-])c2)cc2ccccc12. The van der Waals surface area contributed by atoms with Crippen molar-refractivity contribution in [2.45, 2.75) is 0 Å². The molecule has 0 aliphatic rings. The minimum Gasteiger partial charge on any atom is -0.422 e. The molecule has 0 spiro atoms. The molecule has 0 aliphatic heterocycles. The second-order valence-corrected chi connectivity index (χ2v) is 4.29. The third-order valence-electron chi connectivity index (χ3n) is 3.01. The van der Waals surface area contributed by atoms with Crippen LogP contribution in [-0.2, 0) is 0 Å². The molecule has 20 heavy (non-hydrogen) atoms. The Hall–Kier alpha value is -2.95. The summed E-state index contributed by atoms with van der Waals surface area (Å²) in [7, 11) is 0. The van der Waals surface area contributed by atoms with Gasteiger partial charge in [-0.2, -0.15) is 0 Å². The van der Waals surface area contributed by atoms with Crippen molar-refractivity contribution in [2.75, 3.05) is 0 Å². The molecule has 0 saturated heterocycles. The number of hydrogen-bond donors (Lipinski definition) is 0. The van der Waals surface area contributed by atoms with Crippen LogP contribution in [0.25, 0.3) is 22.1 Å². The van der Waals surface area contributed by atoms with Crippen LogP contribution in [0.3, 0.4) is 0 Å². The fraction of sp³-hybridized carbons (Fsp3) is 0. The summed E-state index contributed by atoms with van der Waals surface area (Å²) in [6, 6.07) is 14.8. The van der Waals surface area contributed by atoms with Gasteiger partial charge in [0.15, 0.2) is 0 Å². The fourth-order valence-electron chi connectivity index (χ4n) is 2.05. The molecule has 0 radical (unpaired) electrons. The first-order chi connectivity index (χ1) is 9.65. The molecule has 3 aromatic rings. The van der Waals surface area contributed by atoms with Gasteiger partial charge in [0.25, 0.3) is 5.69 Å². The Labute approximate surface area is 113 Å². The highest BCUT2D eigenvalue weighted by Gasteiger charge is 2.10. The van der Waals surface area contributed by atoms with E-state index in [1.165, 1.54) is 12.1 Å². The highest BCUT2D eigenvalue weighted by Crippen LogP contribution is 2.25. The minimum absolute atomic E-state index is 0.0432. The Kier molecular flexibility index (Phi) is 2.80. The molecule has 0 N–H and O–H groups in total. The van der Waals surface area contributed by atoms with Crippen LogP contribution in [0, 0.1) is 10.1 Å². The van der Waals surface area contributed by atoms with Crippen LogP contribution < -0.4 is 5.63 Å². The van der Waals surface area contributed by atoms with E-state index in [-0.39, 0.29) is 5.69 Å². The predicted molar refractivity (Wildman–Crippen MR) is 74.6 cm³/mol. The summed E-state index contributed by atoms with van der Waals surface area (Å²) in [6.45, 7) is 0. The first-order valence-electron chi connectivity index (χ1n) is 5.93. The van der Waals surface area contributed by atoms with Gasteiger partial charge >= 0.3 is 5.63 Å². The summed E-state index contributed by atoms with van der Waals surface area (Å²) < 4.78 is 5.23. The summed E-state index contributed by atoms with van der Waals surface area (Å²) in [4.78, 5) is 22.2. The Morgan fingerprint density at radius 1 is 1.00 bits per heavy atom. The van der Waals surface area contributed by atoms with E-state index < -0.39 is 10.5 Å². The molecular weight excluding hydrogens is 258 g/mol. The molecule has 0 saturated carbocycles. The van der Waals surface area contributed by atoms with Crippen molar-refractivity contribution in [1.29, 1.82) is 0 Å².